The van der Waals surface area contributed by atoms with Crippen molar-refractivity contribution < 1.29 is 19.0 Å². The van der Waals surface area contributed by atoms with Crippen LogP contribution in [0.2, 0.25) is 0 Å². The zero-order chi connectivity index (χ0) is 22.9. The summed E-state index contributed by atoms with van der Waals surface area (Å²) in [6, 6.07) is 13.7. The van der Waals surface area contributed by atoms with Gasteiger partial charge in [0.15, 0.2) is 22.5 Å². The molecular weight excluding hydrogens is 428 g/mol. The number of hydrogen-bond donors (Lipinski definition) is 1. The van der Waals surface area contributed by atoms with Crippen LogP contribution < -0.4 is 19.5 Å². The zero-order valence-electron chi connectivity index (χ0n) is 18.8. The molecule has 170 valence electrons. The van der Waals surface area contributed by atoms with E-state index in [4.69, 9.17) is 14.2 Å². The second-order valence-electron chi connectivity index (χ2n) is 6.84. The summed E-state index contributed by atoms with van der Waals surface area (Å²) in [5, 5.41) is 12.3. The van der Waals surface area contributed by atoms with Gasteiger partial charge in [-0.2, -0.15) is 0 Å². The number of ether oxygens (including phenoxy) is 3. The maximum atomic E-state index is 12.3. The smallest absolute Gasteiger partial charge is 0.230 e. The number of nitrogens with zero attached hydrogens (tertiary/aromatic N) is 3. The lowest BCUT2D eigenvalue weighted by atomic mass is 10.1. The molecule has 3 rings (SSSR count). The van der Waals surface area contributed by atoms with E-state index in [2.05, 4.69) is 27.6 Å². The van der Waals surface area contributed by atoms with E-state index in [-0.39, 0.29) is 11.7 Å². The van der Waals surface area contributed by atoms with Gasteiger partial charge in [0, 0.05) is 18.7 Å². The largest absolute Gasteiger partial charge is 0.493 e. The summed E-state index contributed by atoms with van der Waals surface area (Å²) in [6.07, 6.45) is 0.799. The number of benzene rings is 2. The lowest BCUT2D eigenvalue weighted by molar-refractivity contribution is -0.118. The third-order valence-corrected chi connectivity index (χ3v) is 5.83. The van der Waals surface area contributed by atoms with Crippen LogP contribution >= 0.6 is 11.8 Å². The maximum absolute atomic E-state index is 12.3. The Balaban J connectivity index is 1.68. The van der Waals surface area contributed by atoms with E-state index < -0.39 is 0 Å². The zero-order valence-corrected chi connectivity index (χ0v) is 19.6. The Kier molecular flexibility index (Phi) is 8.38. The maximum Gasteiger partial charge on any atom is 0.230 e. The van der Waals surface area contributed by atoms with Gasteiger partial charge in [0.05, 0.1) is 27.1 Å². The lowest BCUT2D eigenvalue weighted by Crippen LogP contribution is -2.27. The molecule has 2 aromatic carbocycles. The summed E-state index contributed by atoms with van der Waals surface area (Å²) in [6.45, 7) is 3.26. The van der Waals surface area contributed by atoms with Gasteiger partial charge >= 0.3 is 0 Å². The minimum atomic E-state index is -0.0362. The molecule has 3 aromatic rings. The third-order valence-electron chi connectivity index (χ3n) is 4.87. The average Bonchev–Trinajstić information content (AvgIpc) is 3.25. The Labute approximate surface area is 192 Å². The van der Waals surface area contributed by atoms with E-state index in [9.17, 15) is 4.79 Å². The van der Waals surface area contributed by atoms with Crippen LogP contribution in [0, 0.1) is 0 Å². The predicted octanol–water partition coefficient (Wildman–Crippen LogP) is 3.44. The van der Waals surface area contributed by atoms with Gasteiger partial charge in [-0.25, -0.2) is 0 Å². The molecule has 1 heterocycles. The van der Waals surface area contributed by atoms with Crippen molar-refractivity contribution in [3.05, 3.63) is 48.0 Å². The fourth-order valence-corrected chi connectivity index (χ4v) is 4.11. The van der Waals surface area contributed by atoms with E-state index in [0.29, 0.717) is 41.3 Å². The summed E-state index contributed by atoms with van der Waals surface area (Å²) >= 11 is 1.36. The van der Waals surface area contributed by atoms with Crippen molar-refractivity contribution >= 4 is 17.7 Å². The van der Waals surface area contributed by atoms with Gasteiger partial charge in [0.1, 0.15) is 0 Å². The minimum absolute atomic E-state index is 0.0362. The highest BCUT2D eigenvalue weighted by molar-refractivity contribution is 7.99. The van der Waals surface area contributed by atoms with E-state index in [1.54, 1.807) is 21.3 Å². The standard InChI is InChI=1S/C23H28N4O4S/c1-5-27-22(17-13-18(29-2)21(31-4)19(14-17)30-3)25-26-23(27)32-15-20(28)24-12-11-16-9-7-6-8-10-16/h6-10,13-14H,5,11-12,15H2,1-4H3,(H,24,28). The molecule has 0 aliphatic heterocycles. The molecule has 0 aliphatic carbocycles. The molecule has 0 atom stereocenters. The molecule has 0 unspecified atom stereocenters. The number of carbonyl (C=O) groups excluding carboxylic acids is 1. The molecule has 32 heavy (non-hydrogen) atoms. The first-order chi connectivity index (χ1) is 15.6. The average molecular weight is 457 g/mol. The minimum Gasteiger partial charge on any atom is -0.493 e. The molecule has 1 N–H and O–H groups in total. The van der Waals surface area contributed by atoms with Gasteiger partial charge in [0.2, 0.25) is 11.7 Å². The molecule has 1 aromatic heterocycles. The first kappa shape index (κ1) is 23.5. The topological polar surface area (TPSA) is 87.5 Å². The Morgan fingerprint density at radius 1 is 1.03 bits per heavy atom. The fourth-order valence-electron chi connectivity index (χ4n) is 3.28. The monoisotopic (exact) mass is 456 g/mol. The molecule has 0 fully saturated rings. The normalized spacial score (nSPS) is 10.6. The van der Waals surface area contributed by atoms with Gasteiger partial charge in [-0.3, -0.25) is 4.79 Å². The van der Waals surface area contributed by atoms with Crippen LogP contribution in [0.4, 0.5) is 0 Å². The van der Waals surface area contributed by atoms with E-state index in [0.717, 1.165) is 12.0 Å². The summed E-state index contributed by atoms with van der Waals surface area (Å²) in [7, 11) is 4.71. The molecule has 0 aliphatic rings. The summed E-state index contributed by atoms with van der Waals surface area (Å²) < 4.78 is 18.3. The Morgan fingerprint density at radius 3 is 2.31 bits per heavy atom. The van der Waals surface area contributed by atoms with Crippen LogP contribution in [0.25, 0.3) is 11.4 Å². The molecule has 0 radical (unpaired) electrons. The van der Waals surface area contributed by atoms with Gasteiger partial charge in [0.25, 0.3) is 0 Å². The van der Waals surface area contributed by atoms with Crippen LogP contribution in [0.3, 0.4) is 0 Å². The lowest BCUT2D eigenvalue weighted by Gasteiger charge is -2.14. The van der Waals surface area contributed by atoms with Gasteiger partial charge < -0.3 is 24.1 Å². The van der Waals surface area contributed by atoms with Crippen LogP contribution in [-0.2, 0) is 17.8 Å². The van der Waals surface area contributed by atoms with E-state index in [1.165, 1.54) is 17.3 Å². The van der Waals surface area contributed by atoms with Crippen LogP contribution in [0.15, 0.2) is 47.6 Å². The van der Waals surface area contributed by atoms with Crippen molar-refractivity contribution in [3.8, 4) is 28.6 Å². The first-order valence-corrected chi connectivity index (χ1v) is 11.3. The van der Waals surface area contributed by atoms with Crippen molar-refractivity contribution in [2.24, 2.45) is 0 Å². The van der Waals surface area contributed by atoms with Gasteiger partial charge in [-0.15, -0.1) is 10.2 Å². The first-order valence-electron chi connectivity index (χ1n) is 10.3. The molecule has 0 saturated carbocycles. The van der Waals surface area contributed by atoms with Crippen LogP contribution in [0.5, 0.6) is 17.2 Å². The number of methoxy groups -OCH3 is 3. The fraction of sp³-hybridized carbons (Fsp3) is 0.348. The molecule has 0 saturated heterocycles. The number of aromatic nitrogens is 3. The Hall–Kier alpha value is -3.20. The SMILES string of the molecule is CCn1c(SCC(=O)NCCc2ccccc2)nnc1-c1cc(OC)c(OC)c(OC)c1. The van der Waals surface area contributed by atoms with Crippen LogP contribution in [-0.4, -0.2) is 54.3 Å². The summed E-state index contributed by atoms with van der Waals surface area (Å²) in [5.74, 6) is 2.49. The highest BCUT2D eigenvalue weighted by Crippen LogP contribution is 2.41. The van der Waals surface area contributed by atoms with Crippen LogP contribution in [0.1, 0.15) is 12.5 Å². The molecular formula is C23H28N4O4S. The predicted molar refractivity (Wildman–Crippen MR) is 125 cm³/mol. The van der Waals surface area contributed by atoms with Crippen molar-refractivity contribution in [1.82, 2.24) is 20.1 Å². The Morgan fingerprint density at radius 2 is 1.72 bits per heavy atom. The van der Waals surface area contributed by atoms with Crippen molar-refractivity contribution in [3.63, 3.8) is 0 Å². The molecule has 9 heteroatoms. The second-order valence-corrected chi connectivity index (χ2v) is 7.78. The van der Waals surface area contributed by atoms with Crippen molar-refractivity contribution in [2.75, 3.05) is 33.6 Å². The number of hydrogen-bond acceptors (Lipinski definition) is 7. The van der Waals surface area contributed by atoms with Crippen molar-refractivity contribution in [1.29, 1.82) is 0 Å². The number of carbonyl (C=O) groups is 1. The number of nitrogens with one attached hydrogen (secondary N) is 1. The van der Waals surface area contributed by atoms with Crippen molar-refractivity contribution in [2.45, 2.75) is 25.0 Å². The molecule has 0 spiro atoms. The molecule has 1 amide bonds. The molecule has 0 bridgehead atoms. The van der Waals surface area contributed by atoms with E-state index in [1.807, 2.05) is 41.8 Å². The quantitative estimate of drug-likeness (QED) is 0.442. The molecule has 8 nitrogen and oxygen atoms in total. The van der Waals surface area contributed by atoms with Gasteiger partial charge in [-0.05, 0) is 31.0 Å². The number of amides is 1. The Bertz CT molecular complexity index is 1010. The van der Waals surface area contributed by atoms with Gasteiger partial charge in [-0.1, -0.05) is 42.1 Å². The second kappa shape index (κ2) is 11.4. The van der Waals surface area contributed by atoms with E-state index >= 15 is 0 Å². The number of rotatable bonds is 11. The highest BCUT2D eigenvalue weighted by atomic mass is 32.2. The summed E-state index contributed by atoms with van der Waals surface area (Å²) in [4.78, 5) is 12.3. The summed E-state index contributed by atoms with van der Waals surface area (Å²) in [5.41, 5.74) is 1.98. The number of thioether (sulfide) groups is 1. The third kappa shape index (κ3) is 5.53. The highest BCUT2D eigenvalue weighted by Gasteiger charge is 2.19.